The van der Waals surface area contributed by atoms with Gasteiger partial charge < -0.3 is 14.4 Å². The van der Waals surface area contributed by atoms with Crippen molar-refractivity contribution in [2.45, 2.75) is 19.1 Å². The Bertz CT molecular complexity index is 1180. The van der Waals surface area contributed by atoms with E-state index in [1.54, 1.807) is 31.4 Å². The molecule has 0 N–H and O–H groups in total. The van der Waals surface area contributed by atoms with Crippen molar-refractivity contribution in [1.82, 2.24) is 9.80 Å². The zero-order valence-corrected chi connectivity index (χ0v) is 20.4. The zero-order chi connectivity index (χ0) is 25.3. The second kappa shape index (κ2) is 12.3. The number of amides is 1. The smallest absolute Gasteiger partial charge is 0.227 e. The summed E-state index contributed by atoms with van der Waals surface area (Å²) in [5, 5.41) is 9.03. The summed E-state index contributed by atoms with van der Waals surface area (Å²) in [5.41, 5.74) is 3.46. The number of halogens is 1. The molecule has 3 aromatic rings. The molecule has 1 saturated heterocycles. The average Bonchev–Trinajstić information content (AvgIpc) is 2.93. The van der Waals surface area contributed by atoms with E-state index in [0.29, 0.717) is 31.8 Å². The normalized spacial score (nSPS) is 14.8. The maximum atomic E-state index is 13.1. The van der Waals surface area contributed by atoms with Gasteiger partial charge in [-0.1, -0.05) is 36.4 Å². The van der Waals surface area contributed by atoms with Gasteiger partial charge in [-0.15, -0.1) is 0 Å². The summed E-state index contributed by atoms with van der Waals surface area (Å²) in [7, 11) is 1.65. The Labute approximate surface area is 211 Å². The summed E-state index contributed by atoms with van der Waals surface area (Å²) in [6.07, 6.45) is 0.0951. The van der Waals surface area contributed by atoms with Crippen LogP contribution in [-0.4, -0.2) is 55.5 Å². The van der Waals surface area contributed by atoms with E-state index in [4.69, 9.17) is 14.7 Å². The standard InChI is InChI=1S/C29H30FN3O3/c1-35-27-4-2-3-25(18-27)28(36-21-24-7-5-23(19-31)6-8-24)20-32-13-15-33(16-14-32)29(34)17-22-9-11-26(30)12-10-22/h2-12,18,28H,13-17,20-21H2,1H3/t28-/m0/s1. The Kier molecular flexibility index (Phi) is 8.66. The number of carbonyl (C=O) groups excluding carboxylic acids is 1. The number of methoxy groups -OCH3 is 1. The minimum absolute atomic E-state index is 0.0580. The average molecular weight is 488 g/mol. The van der Waals surface area contributed by atoms with Crippen molar-refractivity contribution in [2.24, 2.45) is 0 Å². The van der Waals surface area contributed by atoms with Crippen LogP contribution in [-0.2, 0) is 22.6 Å². The molecule has 0 radical (unpaired) electrons. The predicted molar refractivity (Wildman–Crippen MR) is 135 cm³/mol. The molecule has 0 aromatic heterocycles. The molecule has 36 heavy (non-hydrogen) atoms. The number of hydrogen-bond acceptors (Lipinski definition) is 5. The topological polar surface area (TPSA) is 65.8 Å². The number of nitriles is 1. The highest BCUT2D eigenvalue weighted by Gasteiger charge is 2.24. The third-order valence-electron chi connectivity index (χ3n) is 6.42. The number of hydrogen-bond donors (Lipinski definition) is 0. The maximum Gasteiger partial charge on any atom is 0.227 e. The third-order valence-corrected chi connectivity index (χ3v) is 6.42. The Hall–Kier alpha value is -3.73. The number of ether oxygens (including phenoxy) is 2. The van der Waals surface area contributed by atoms with E-state index in [9.17, 15) is 9.18 Å². The molecule has 4 rings (SSSR count). The van der Waals surface area contributed by atoms with E-state index >= 15 is 0 Å². The molecule has 1 amide bonds. The lowest BCUT2D eigenvalue weighted by molar-refractivity contribution is -0.132. The van der Waals surface area contributed by atoms with Crippen LogP contribution in [0.15, 0.2) is 72.8 Å². The van der Waals surface area contributed by atoms with Crippen molar-refractivity contribution in [3.8, 4) is 11.8 Å². The van der Waals surface area contributed by atoms with Gasteiger partial charge in [0, 0.05) is 32.7 Å². The molecule has 0 spiro atoms. The molecule has 1 atom stereocenters. The summed E-state index contributed by atoms with van der Waals surface area (Å²) in [6.45, 7) is 3.87. The van der Waals surface area contributed by atoms with Gasteiger partial charge in [-0.05, 0) is 53.1 Å². The van der Waals surface area contributed by atoms with Crippen molar-refractivity contribution in [3.63, 3.8) is 0 Å². The van der Waals surface area contributed by atoms with E-state index in [0.717, 1.165) is 35.5 Å². The molecule has 1 fully saturated rings. The van der Waals surface area contributed by atoms with Gasteiger partial charge in [0.15, 0.2) is 0 Å². The number of carbonyl (C=O) groups is 1. The minimum Gasteiger partial charge on any atom is -0.497 e. The Morgan fingerprint density at radius 1 is 1.00 bits per heavy atom. The van der Waals surface area contributed by atoms with Gasteiger partial charge in [-0.25, -0.2) is 4.39 Å². The second-order valence-corrected chi connectivity index (χ2v) is 8.87. The summed E-state index contributed by atoms with van der Waals surface area (Å²) in [6, 6.07) is 23.5. The first-order valence-electron chi connectivity index (χ1n) is 12.0. The fourth-order valence-electron chi connectivity index (χ4n) is 4.27. The first-order chi connectivity index (χ1) is 17.5. The highest BCUT2D eigenvalue weighted by molar-refractivity contribution is 5.78. The first kappa shape index (κ1) is 25.4. The van der Waals surface area contributed by atoms with Crippen molar-refractivity contribution in [3.05, 3.63) is 101 Å². The molecule has 1 heterocycles. The van der Waals surface area contributed by atoms with Crippen LogP contribution in [0.3, 0.4) is 0 Å². The fourth-order valence-corrected chi connectivity index (χ4v) is 4.27. The van der Waals surface area contributed by atoms with Gasteiger partial charge in [0.25, 0.3) is 0 Å². The fraction of sp³-hybridized carbons (Fsp3) is 0.310. The largest absolute Gasteiger partial charge is 0.497 e. The van der Waals surface area contributed by atoms with E-state index < -0.39 is 0 Å². The highest BCUT2D eigenvalue weighted by atomic mass is 19.1. The predicted octanol–water partition coefficient (Wildman–Crippen LogP) is 4.35. The Balaban J connectivity index is 1.36. The van der Waals surface area contributed by atoms with Crippen LogP contribution in [0, 0.1) is 17.1 Å². The lowest BCUT2D eigenvalue weighted by Crippen LogP contribution is -2.50. The Morgan fingerprint density at radius 3 is 2.36 bits per heavy atom. The van der Waals surface area contributed by atoms with Crippen LogP contribution in [0.5, 0.6) is 5.75 Å². The van der Waals surface area contributed by atoms with E-state index in [-0.39, 0.29) is 24.2 Å². The number of nitrogens with zero attached hydrogens (tertiary/aromatic N) is 3. The Morgan fingerprint density at radius 2 is 1.69 bits per heavy atom. The highest BCUT2D eigenvalue weighted by Crippen LogP contribution is 2.25. The molecule has 0 bridgehead atoms. The lowest BCUT2D eigenvalue weighted by atomic mass is 10.1. The van der Waals surface area contributed by atoms with Gasteiger partial charge in [0.05, 0.1) is 37.9 Å². The molecular formula is C29H30FN3O3. The molecule has 3 aromatic carbocycles. The lowest BCUT2D eigenvalue weighted by Gasteiger charge is -2.36. The van der Waals surface area contributed by atoms with Crippen molar-refractivity contribution >= 4 is 5.91 Å². The summed E-state index contributed by atoms with van der Waals surface area (Å²) >= 11 is 0. The van der Waals surface area contributed by atoms with Gasteiger partial charge >= 0.3 is 0 Å². The summed E-state index contributed by atoms with van der Waals surface area (Å²) < 4.78 is 24.9. The molecule has 6 nitrogen and oxygen atoms in total. The van der Waals surface area contributed by atoms with Gasteiger partial charge in [-0.3, -0.25) is 9.69 Å². The van der Waals surface area contributed by atoms with E-state index in [1.165, 1.54) is 12.1 Å². The number of piperazine rings is 1. The molecule has 0 saturated carbocycles. The quantitative estimate of drug-likeness (QED) is 0.449. The molecule has 0 unspecified atom stereocenters. The minimum atomic E-state index is -0.299. The number of rotatable bonds is 9. The maximum absolute atomic E-state index is 13.1. The molecular weight excluding hydrogens is 457 g/mol. The first-order valence-corrected chi connectivity index (χ1v) is 12.0. The van der Waals surface area contributed by atoms with Crippen LogP contribution in [0.4, 0.5) is 4.39 Å². The number of benzene rings is 3. The SMILES string of the molecule is COc1cccc([C@H](CN2CCN(C(=O)Cc3ccc(F)cc3)CC2)OCc2ccc(C#N)cc2)c1. The van der Waals surface area contributed by atoms with Gasteiger partial charge in [0.2, 0.25) is 5.91 Å². The van der Waals surface area contributed by atoms with E-state index in [2.05, 4.69) is 11.0 Å². The van der Waals surface area contributed by atoms with Crippen molar-refractivity contribution in [1.29, 1.82) is 5.26 Å². The second-order valence-electron chi connectivity index (χ2n) is 8.87. The van der Waals surface area contributed by atoms with E-state index in [1.807, 2.05) is 41.3 Å². The van der Waals surface area contributed by atoms with Crippen molar-refractivity contribution in [2.75, 3.05) is 39.8 Å². The summed E-state index contributed by atoms with van der Waals surface area (Å²) in [4.78, 5) is 16.9. The van der Waals surface area contributed by atoms with Crippen LogP contribution in [0.2, 0.25) is 0 Å². The molecule has 7 heteroatoms. The molecule has 1 aliphatic heterocycles. The van der Waals surface area contributed by atoms with Gasteiger partial charge in [0.1, 0.15) is 11.6 Å². The van der Waals surface area contributed by atoms with Crippen LogP contribution < -0.4 is 4.74 Å². The zero-order valence-electron chi connectivity index (χ0n) is 20.4. The van der Waals surface area contributed by atoms with Crippen molar-refractivity contribution < 1.29 is 18.7 Å². The van der Waals surface area contributed by atoms with Crippen LogP contribution in [0.25, 0.3) is 0 Å². The molecule has 1 aliphatic rings. The van der Waals surface area contributed by atoms with Crippen LogP contribution in [0.1, 0.15) is 28.4 Å². The van der Waals surface area contributed by atoms with Gasteiger partial charge in [-0.2, -0.15) is 5.26 Å². The molecule has 186 valence electrons. The monoisotopic (exact) mass is 487 g/mol. The van der Waals surface area contributed by atoms with Crippen LogP contribution >= 0.6 is 0 Å². The third kappa shape index (κ3) is 6.91. The molecule has 0 aliphatic carbocycles. The summed E-state index contributed by atoms with van der Waals surface area (Å²) in [5.74, 6) is 0.533.